The van der Waals surface area contributed by atoms with Crippen molar-refractivity contribution in [1.82, 2.24) is 20.2 Å². The lowest BCUT2D eigenvalue weighted by Gasteiger charge is -2.36. The molecule has 24 heavy (non-hydrogen) atoms. The smallest absolute Gasteiger partial charge is 0.225 e. The van der Waals surface area contributed by atoms with Crippen LogP contribution in [0, 0.1) is 0 Å². The van der Waals surface area contributed by atoms with Gasteiger partial charge in [0.25, 0.3) is 0 Å². The van der Waals surface area contributed by atoms with Crippen molar-refractivity contribution in [1.29, 1.82) is 0 Å². The van der Waals surface area contributed by atoms with E-state index in [2.05, 4.69) is 36.2 Å². The minimum absolute atomic E-state index is 0.758. The summed E-state index contributed by atoms with van der Waals surface area (Å²) in [5, 5.41) is 3.49. The first-order chi connectivity index (χ1) is 11.9. The van der Waals surface area contributed by atoms with Gasteiger partial charge in [-0.1, -0.05) is 11.6 Å². The molecule has 0 unspecified atom stereocenters. The SMILES string of the molecule is CN=C(NCCC1=CCOCC1)N1CCN(c2ncccn2)CC1. The molecule has 0 bridgehead atoms. The molecule has 1 aromatic heterocycles. The number of aliphatic imine (C=N–C) groups is 1. The standard InChI is InChI=1S/C17H26N6O/c1-18-16(21-8-3-15-4-13-24-14-5-15)22-9-11-23(12-10-22)17-19-6-2-7-20-17/h2,4,6-7H,3,5,8-14H2,1H3,(H,18,21). The quantitative estimate of drug-likeness (QED) is 0.503. The molecule has 0 amide bonds. The maximum absolute atomic E-state index is 5.35. The van der Waals surface area contributed by atoms with Gasteiger partial charge in [0.2, 0.25) is 5.95 Å². The Morgan fingerprint density at radius 2 is 2.04 bits per heavy atom. The Labute approximate surface area is 143 Å². The molecule has 0 atom stereocenters. The predicted molar refractivity (Wildman–Crippen MR) is 95.3 cm³/mol. The van der Waals surface area contributed by atoms with Crippen LogP contribution >= 0.6 is 0 Å². The van der Waals surface area contributed by atoms with Gasteiger partial charge in [-0.2, -0.15) is 0 Å². The van der Waals surface area contributed by atoms with Gasteiger partial charge in [-0.25, -0.2) is 9.97 Å². The minimum atomic E-state index is 0.758. The van der Waals surface area contributed by atoms with Crippen molar-refractivity contribution in [2.24, 2.45) is 4.99 Å². The first-order valence-electron chi connectivity index (χ1n) is 8.60. The summed E-state index contributed by atoms with van der Waals surface area (Å²) in [6.45, 7) is 6.20. The van der Waals surface area contributed by atoms with Gasteiger partial charge < -0.3 is 19.9 Å². The van der Waals surface area contributed by atoms with Gasteiger partial charge in [-0.05, 0) is 18.9 Å². The van der Waals surface area contributed by atoms with Crippen LogP contribution in [-0.4, -0.2) is 73.8 Å². The maximum Gasteiger partial charge on any atom is 0.225 e. The van der Waals surface area contributed by atoms with Crippen LogP contribution in [0.15, 0.2) is 35.1 Å². The Kier molecular flexibility index (Phi) is 6.01. The number of nitrogens with one attached hydrogen (secondary N) is 1. The van der Waals surface area contributed by atoms with E-state index in [9.17, 15) is 0 Å². The molecule has 2 aliphatic heterocycles. The average Bonchev–Trinajstić information content (AvgIpc) is 2.67. The van der Waals surface area contributed by atoms with E-state index in [4.69, 9.17) is 4.74 Å². The third-order valence-corrected chi connectivity index (χ3v) is 4.41. The van der Waals surface area contributed by atoms with E-state index in [0.29, 0.717) is 0 Å². The molecule has 2 aliphatic rings. The second-order valence-electron chi connectivity index (χ2n) is 5.93. The van der Waals surface area contributed by atoms with Gasteiger partial charge in [0.15, 0.2) is 5.96 Å². The third kappa shape index (κ3) is 4.44. The van der Waals surface area contributed by atoms with Gasteiger partial charge in [0.05, 0.1) is 13.2 Å². The molecule has 7 nitrogen and oxygen atoms in total. The molecule has 1 saturated heterocycles. The summed E-state index contributed by atoms with van der Waals surface area (Å²) < 4.78 is 5.35. The molecule has 0 spiro atoms. The van der Waals surface area contributed by atoms with Crippen molar-refractivity contribution in [2.75, 3.05) is 57.9 Å². The molecule has 0 aliphatic carbocycles. The average molecular weight is 330 g/mol. The van der Waals surface area contributed by atoms with E-state index >= 15 is 0 Å². The van der Waals surface area contributed by atoms with E-state index in [1.54, 1.807) is 12.4 Å². The fourth-order valence-electron chi connectivity index (χ4n) is 3.03. The Bertz CT molecular complexity index is 566. The van der Waals surface area contributed by atoms with E-state index in [-0.39, 0.29) is 0 Å². The zero-order valence-corrected chi connectivity index (χ0v) is 14.3. The van der Waals surface area contributed by atoms with Crippen molar-refractivity contribution >= 4 is 11.9 Å². The highest BCUT2D eigenvalue weighted by Gasteiger charge is 2.20. The number of nitrogens with zero attached hydrogens (tertiary/aromatic N) is 5. The zero-order valence-electron chi connectivity index (χ0n) is 14.3. The first-order valence-corrected chi connectivity index (χ1v) is 8.60. The maximum atomic E-state index is 5.35. The lowest BCUT2D eigenvalue weighted by atomic mass is 10.1. The molecule has 0 radical (unpaired) electrons. The predicted octanol–water partition coefficient (Wildman–Crippen LogP) is 0.911. The van der Waals surface area contributed by atoms with Gasteiger partial charge >= 0.3 is 0 Å². The van der Waals surface area contributed by atoms with Gasteiger partial charge in [0.1, 0.15) is 0 Å². The lowest BCUT2D eigenvalue weighted by Crippen LogP contribution is -2.53. The van der Waals surface area contributed by atoms with E-state index in [0.717, 1.165) is 70.7 Å². The largest absolute Gasteiger partial charge is 0.377 e. The lowest BCUT2D eigenvalue weighted by molar-refractivity contribution is 0.153. The molecule has 0 saturated carbocycles. The van der Waals surface area contributed by atoms with E-state index in [1.807, 2.05) is 13.1 Å². The second kappa shape index (κ2) is 8.63. The summed E-state index contributed by atoms with van der Waals surface area (Å²) in [6.07, 6.45) is 7.89. The number of guanidine groups is 1. The zero-order chi connectivity index (χ0) is 16.6. The molecule has 130 valence electrons. The van der Waals surface area contributed by atoms with Crippen molar-refractivity contribution < 1.29 is 4.74 Å². The Hall–Kier alpha value is -2.15. The number of hydrogen-bond donors (Lipinski definition) is 1. The van der Waals surface area contributed by atoms with Gasteiger partial charge in [-0.3, -0.25) is 4.99 Å². The van der Waals surface area contributed by atoms with Crippen molar-refractivity contribution in [2.45, 2.75) is 12.8 Å². The Balaban J connectivity index is 1.44. The van der Waals surface area contributed by atoms with Crippen molar-refractivity contribution in [3.8, 4) is 0 Å². The second-order valence-corrected chi connectivity index (χ2v) is 5.93. The molecule has 3 heterocycles. The summed E-state index contributed by atoms with van der Waals surface area (Å²) >= 11 is 0. The van der Waals surface area contributed by atoms with Crippen LogP contribution in [0.1, 0.15) is 12.8 Å². The fraction of sp³-hybridized carbons (Fsp3) is 0.588. The van der Waals surface area contributed by atoms with Crippen LogP contribution in [0.3, 0.4) is 0 Å². The van der Waals surface area contributed by atoms with Crippen molar-refractivity contribution in [3.05, 3.63) is 30.1 Å². The van der Waals surface area contributed by atoms with Crippen LogP contribution < -0.4 is 10.2 Å². The van der Waals surface area contributed by atoms with Crippen LogP contribution in [0.25, 0.3) is 0 Å². The first kappa shape index (κ1) is 16.7. The van der Waals surface area contributed by atoms with Crippen molar-refractivity contribution in [3.63, 3.8) is 0 Å². The van der Waals surface area contributed by atoms with E-state index < -0.39 is 0 Å². The third-order valence-electron chi connectivity index (χ3n) is 4.41. The molecule has 3 rings (SSSR count). The number of hydrogen-bond acceptors (Lipinski definition) is 5. The molecular formula is C17H26N6O. The molecule has 1 N–H and O–H groups in total. The van der Waals surface area contributed by atoms with Crippen LogP contribution in [-0.2, 0) is 4.74 Å². The molecule has 7 heteroatoms. The summed E-state index contributed by atoms with van der Waals surface area (Å²) in [5.41, 5.74) is 1.48. The minimum Gasteiger partial charge on any atom is -0.377 e. The highest BCUT2D eigenvalue weighted by Crippen LogP contribution is 2.12. The summed E-state index contributed by atoms with van der Waals surface area (Å²) in [6, 6.07) is 1.85. The summed E-state index contributed by atoms with van der Waals surface area (Å²) in [5.74, 6) is 1.79. The Morgan fingerprint density at radius 1 is 1.25 bits per heavy atom. The Morgan fingerprint density at radius 3 is 2.71 bits per heavy atom. The highest BCUT2D eigenvalue weighted by atomic mass is 16.5. The van der Waals surface area contributed by atoms with Gasteiger partial charge in [0, 0.05) is 52.2 Å². The molecular weight excluding hydrogens is 304 g/mol. The van der Waals surface area contributed by atoms with Crippen LogP contribution in [0.5, 0.6) is 0 Å². The molecule has 0 aromatic carbocycles. The number of rotatable bonds is 4. The number of piperazine rings is 1. The highest BCUT2D eigenvalue weighted by molar-refractivity contribution is 5.80. The number of anilines is 1. The monoisotopic (exact) mass is 330 g/mol. The van der Waals surface area contributed by atoms with Gasteiger partial charge in [-0.15, -0.1) is 0 Å². The van der Waals surface area contributed by atoms with Crippen LogP contribution in [0.2, 0.25) is 0 Å². The topological polar surface area (TPSA) is 65.9 Å². The van der Waals surface area contributed by atoms with E-state index in [1.165, 1.54) is 5.57 Å². The summed E-state index contributed by atoms with van der Waals surface area (Å²) in [4.78, 5) is 17.6. The molecule has 1 aromatic rings. The number of ether oxygens (including phenoxy) is 1. The number of aromatic nitrogens is 2. The summed E-state index contributed by atoms with van der Waals surface area (Å²) in [7, 11) is 1.85. The fourth-order valence-corrected chi connectivity index (χ4v) is 3.03. The molecule has 1 fully saturated rings. The normalized spacial score (nSPS) is 19.2. The van der Waals surface area contributed by atoms with Crippen LogP contribution in [0.4, 0.5) is 5.95 Å².